The van der Waals surface area contributed by atoms with E-state index in [4.69, 9.17) is 14.2 Å². The van der Waals surface area contributed by atoms with Gasteiger partial charge in [-0.05, 0) is 25.8 Å². The normalized spacial score (nSPS) is 16.2. The van der Waals surface area contributed by atoms with Gasteiger partial charge in [0.05, 0.1) is 46.1 Å². The van der Waals surface area contributed by atoms with E-state index >= 15 is 0 Å². The van der Waals surface area contributed by atoms with E-state index in [0.29, 0.717) is 46.1 Å². The maximum atomic E-state index is 12.0. The first-order valence-electron chi connectivity index (χ1n) is 8.39. The zero-order valence-corrected chi connectivity index (χ0v) is 14.1. The van der Waals surface area contributed by atoms with Crippen molar-refractivity contribution in [1.82, 2.24) is 10.2 Å². The average molecular weight is 316 g/mol. The third-order valence-corrected chi connectivity index (χ3v) is 3.84. The van der Waals surface area contributed by atoms with Gasteiger partial charge in [-0.1, -0.05) is 6.92 Å². The molecule has 1 fully saturated rings. The second-order valence-corrected chi connectivity index (χ2v) is 5.75. The van der Waals surface area contributed by atoms with E-state index in [2.05, 4.69) is 12.2 Å². The van der Waals surface area contributed by atoms with E-state index in [1.807, 2.05) is 11.9 Å². The number of hydrogen-bond acceptors (Lipinski definition) is 5. The Hall–Kier alpha value is -0.690. The highest BCUT2D eigenvalue weighted by Gasteiger charge is 2.19. The highest BCUT2D eigenvalue weighted by atomic mass is 16.5. The van der Waals surface area contributed by atoms with Crippen molar-refractivity contribution in [2.24, 2.45) is 5.92 Å². The summed E-state index contributed by atoms with van der Waals surface area (Å²) >= 11 is 0. The molecule has 0 saturated carbocycles. The number of carbonyl (C=O) groups is 1. The summed E-state index contributed by atoms with van der Waals surface area (Å²) in [5, 5.41) is 3.01. The van der Waals surface area contributed by atoms with E-state index in [0.717, 1.165) is 38.4 Å². The highest BCUT2D eigenvalue weighted by molar-refractivity contribution is 5.76. The smallest absolute Gasteiger partial charge is 0.224 e. The molecule has 1 amide bonds. The molecule has 22 heavy (non-hydrogen) atoms. The van der Waals surface area contributed by atoms with Gasteiger partial charge in [0, 0.05) is 19.6 Å². The van der Waals surface area contributed by atoms with Crippen molar-refractivity contribution in [3.63, 3.8) is 0 Å². The fraction of sp³-hybridized carbons (Fsp3) is 0.938. The predicted molar refractivity (Wildman–Crippen MR) is 86.0 cm³/mol. The topological polar surface area (TPSA) is 60.0 Å². The van der Waals surface area contributed by atoms with Crippen molar-refractivity contribution in [1.29, 1.82) is 0 Å². The zero-order chi connectivity index (χ0) is 16.0. The Kier molecular flexibility index (Phi) is 11.3. The molecule has 1 aliphatic heterocycles. The SMILES string of the molecule is CNCCOCCOCCOCCC(=O)N1CCC(C)CC1. The fourth-order valence-electron chi connectivity index (χ4n) is 2.29. The van der Waals surface area contributed by atoms with Crippen molar-refractivity contribution in [3.05, 3.63) is 0 Å². The molecule has 0 atom stereocenters. The molecule has 130 valence electrons. The van der Waals surface area contributed by atoms with Crippen LogP contribution in [0.3, 0.4) is 0 Å². The standard InChI is InChI=1S/C16H32N2O4/c1-15-3-7-18(8-4-15)16(19)5-9-20-11-13-22-14-12-21-10-6-17-2/h15,17H,3-14H2,1-2H3. The summed E-state index contributed by atoms with van der Waals surface area (Å²) in [5.41, 5.74) is 0. The van der Waals surface area contributed by atoms with E-state index in [1.54, 1.807) is 0 Å². The lowest BCUT2D eigenvalue weighted by Gasteiger charge is -2.30. The second kappa shape index (κ2) is 12.8. The first-order chi connectivity index (χ1) is 10.7. The van der Waals surface area contributed by atoms with Crippen LogP contribution >= 0.6 is 0 Å². The Morgan fingerprint density at radius 3 is 2.14 bits per heavy atom. The monoisotopic (exact) mass is 316 g/mol. The summed E-state index contributed by atoms with van der Waals surface area (Å²) in [6, 6.07) is 0. The van der Waals surface area contributed by atoms with Crippen LogP contribution in [-0.4, -0.2) is 77.1 Å². The van der Waals surface area contributed by atoms with Crippen molar-refractivity contribution < 1.29 is 19.0 Å². The zero-order valence-electron chi connectivity index (χ0n) is 14.1. The largest absolute Gasteiger partial charge is 0.379 e. The molecule has 6 heteroatoms. The average Bonchev–Trinajstić information content (AvgIpc) is 2.53. The Bertz CT molecular complexity index is 281. The number of likely N-dealkylation sites (N-methyl/N-ethyl adjacent to an activating group) is 1. The summed E-state index contributed by atoms with van der Waals surface area (Å²) in [6.45, 7) is 8.34. The number of ether oxygens (including phenoxy) is 3. The lowest BCUT2D eigenvalue weighted by molar-refractivity contribution is -0.133. The summed E-state index contributed by atoms with van der Waals surface area (Å²) in [5.74, 6) is 0.963. The molecule has 0 unspecified atom stereocenters. The maximum Gasteiger partial charge on any atom is 0.224 e. The molecule has 1 rings (SSSR count). The molecule has 0 aromatic rings. The van der Waals surface area contributed by atoms with Crippen molar-refractivity contribution in [2.45, 2.75) is 26.2 Å². The number of likely N-dealkylation sites (tertiary alicyclic amines) is 1. The van der Waals surface area contributed by atoms with Gasteiger partial charge in [-0.2, -0.15) is 0 Å². The summed E-state index contributed by atoms with van der Waals surface area (Å²) in [6.07, 6.45) is 2.72. The minimum absolute atomic E-state index is 0.214. The first kappa shape index (κ1) is 19.4. The number of amides is 1. The van der Waals surface area contributed by atoms with Crippen LogP contribution in [0.25, 0.3) is 0 Å². The molecule has 0 aromatic heterocycles. The fourth-order valence-corrected chi connectivity index (χ4v) is 2.29. The lowest BCUT2D eigenvalue weighted by atomic mass is 9.99. The van der Waals surface area contributed by atoms with Crippen LogP contribution in [0, 0.1) is 5.92 Å². The third-order valence-electron chi connectivity index (χ3n) is 3.84. The van der Waals surface area contributed by atoms with Crippen LogP contribution in [0.5, 0.6) is 0 Å². The summed E-state index contributed by atoms with van der Waals surface area (Å²) in [7, 11) is 1.90. The van der Waals surface area contributed by atoms with Crippen LogP contribution in [-0.2, 0) is 19.0 Å². The quantitative estimate of drug-likeness (QED) is 0.542. The van der Waals surface area contributed by atoms with Gasteiger partial charge in [0.2, 0.25) is 5.91 Å². The highest BCUT2D eigenvalue weighted by Crippen LogP contribution is 2.16. The van der Waals surface area contributed by atoms with Crippen molar-refractivity contribution in [2.75, 3.05) is 66.3 Å². The number of hydrogen-bond donors (Lipinski definition) is 1. The van der Waals surface area contributed by atoms with Gasteiger partial charge in [-0.15, -0.1) is 0 Å². The molecule has 0 aliphatic carbocycles. The Labute approximate surface area is 134 Å². The molecule has 0 bridgehead atoms. The van der Waals surface area contributed by atoms with Crippen molar-refractivity contribution >= 4 is 5.91 Å². The van der Waals surface area contributed by atoms with E-state index in [1.165, 1.54) is 0 Å². The molecule has 0 aromatic carbocycles. The molecule has 1 saturated heterocycles. The van der Waals surface area contributed by atoms with Crippen LogP contribution in [0.2, 0.25) is 0 Å². The van der Waals surface area contributed by atoms with Gasteiger partial charge in [0.15, 0.2) is 0 Å². The maximum absolute atomic E-state index is 12.0. The van der Waals surface area contributed by atoms with Crippen LogP contribution in [0.4, 0.5) is 0 Å². The molecular weight excluding hydrogens is 284 g/mol. The van der Waals surface area contributed by atoms with Gasteiger partial charge in [-0.3, -0.25) is 4.79 Å². The minimum atomic E-state index is 0.214. The van der Waals surface area contributed by atoms with E-state index < -0.39 is 0 Å². The van der Waals surface area contributed by atoms with Gasteiger partial charge < -0.3 is 24.4 Å². The Balaban J connectivity index is 1.84. The van der Waals surface area contributed by atoms with Crippen LogP contribution < -0.4 is 5.32 Å². The van der Waals surface area contributed by atoms with Crippen LogP contribution in [0.15, 0.2) is 0 Å². The van der Waals surface area contributed by atoms with Crippen LogP contribution in [0.1, 0.15) is 26.2 Å². The van der Waals surface area contributed by atoms with E-state index in [9.17, 15) is 4.79 Å². The lowest BCUT2D eigenvalue weighted by Crippen LogP contribution is -2.38. The molecule has 1 aliphatic rings. The second-order valence-electron chi connectivity index (χ2n) is 5.75. The van der Waals surface area contributed by atoms with Crippen molar-refractivity contribution in [3.8, 4) is 0 Å². The molecule has 6 nitrogen and oxygen atoms in total. The van der Waals surface area contributed by atoms with Gasteiger partial charge in [0.1, 0.15) is 0 Å². The third kappa shape index (κ3) is 9.35. The van der Waals surface area contributed by atoms with Gasteiger partial charge in [0.25, 0.3) is 0 Å². The van der Waals surface area contributed by atoms with E-state index in [-0.39, 0.29) is 5.91 Å². The minimum Gasteiger partial charge on any atom is -0.379 e. The Morgan fingerprint density at radius 2 is 1.55 bits per heavy atom. The number of nitrogens with one attached hydrogen (secondary N) is 1. The number of nitrogens with zero attached hydrogens (tertiary/aromatic N) is 1. The number of carbonyl (C=O) groups excluding carboxylic acids is 1. The molecule has 0 radical (unpaired) electrons. The first-order valence-corrected chi connectivity index (χ1v) is 8.39. The molecule has 1 N–H and O–H groups in total. The van der Waals surface area contributed by atoms with Gasteiger partial charge in [-0.25, -0.2) is 0 Å². The molecule has 0 spiro atoms. The Morgan fingerprint density at radius 1 is 1.00 bits per heavy atom. The molecule has 1 heterocycles. The summed E-state index contributed by atoms with van der Waals surface area (Å²) in [4.78, 5) is 13.9. The molecular formula is C16H32N2O4. The number of piperidine rings is 1. The predicted octanol–water partition coefficient (Wildman–Crippen LogP) is 0.904. The summed E-state index contributed by atoms with van der Waals surface area (Å²) < 4.78 is 16.2. The van der Waals surface area contributed by atoms with Gasteiger partial charge >= 0.3 is 0 Å². The number of rotatable bonds is 12.